The molecule has 1 saturated heterocycles. The van der Waals surface area contributed by atoms with Crippen molar-refractivity contribution in [1.82, 2.24) is 20.2 Å². The molecule has 3 rings (SSSR count). The highest BCUT2D eigenvalue weighted by Gasteiger charge is 2.21. The summed E-state index contributed by atoms with van der Waals surface area (Å²) in [4.78, 5) is 14.2. The minimum Gasteiger partial charge on any atom is -0.353 e. The summed E-state index contributed by atoms with van der Waals surface area (Å²) < 4.78 is 0. The van der Waals surface area contributed by atoms with Gasteiger partial charge in [0.1, 0.15) is 11.6 Å². The van der Waals surface area contributed by atoms with Gasteiger partial charge >= 0.3 is 0 Å². The van der Waals surface area contributed by atoms with Crippen LogP contribution in [0.5, 0.6) is 0 Å². The van der Waals surface area contributed by atoms with Crippen LogP contribution in [0, 0.1) is 0 Å². The Morgan fingerprint density at radius 3 is 2.08 bits per heavy atom. The number of nitrogens with zero attached hydrogens (tertiary/aromatic N) is 6. The van der Waals surface area contributed by atoms with Gasteiger partial charge in [-0.1, -0.05) is 27.7 Å². The lowest BCUT2D eigenvalue weighted by Gasteiger charge is -2.36. The molecular weight excluding hydrogens is 300 g/mol. The summed E-state index contributed by atoms with van der Waals surface area (Å²) in [7, 11) is 0. The van der Waals surface area contributed by atoms with Crippen molar-refractivity contribution < 1.29 is 0 Å². The summed E-state index contributed by atoms with van der Waals surface area (Å²) in [6.07, 6.45) is 1.71. The van der Waals surface area contributed by atoms with Crippen molar-refractivity contribution in [2.24, 2.45) is 0 Å². The van der Waals surface area contributed by atoms with Crippen LogP contribution in [-0.4, -0.2) is 46.3 Å². The van der Waals surface area contributed by atoms with Crippen LogP contribution < -0.4 is 9.80 Å². The van der Waals surface area contributed by atoms with Crippen LogP contribution >= 0.6 is 0 Å². The second kappa shape index (κ2) is 7.11. The van der Waals surface area contributed by atoms with Gasteiger partial charge in [0.2, 0.25) is 0 Å². The van der Waals surface area contributed by atoms with Gasteiger partial charge in [0.25, 0.3) is 0 Å². The predicted octanol–water partition coefficient (Wildman–Crippen LogP) is 2.84. The molecular formula is C18H26N6. The topological polar surface area (TPSA) is 58.0 Å². The number of anilines is 2. The van der Waals surface area contributed by atoms with Crippen LogP contribution in [0.25, 0.3) is 0 Å². The molecule has 0 aromatic carbocycles. The SMILES string of the molecule is CC(C)c1cc(N2CCN(c3cccnn3)CC2)nc(C(C)C)n1. The van der Waals surface area contributed by atoms with Crippen molar-refractivity contribution in [1.29, 1.82) is 0 Å². The Kier molecular flexibility index (Phi) is 4.92. The minimum atomic E-state index is 0.336. The van der Waals surface area contributed by atoms with Crippen LogP contribution in [0.4, 0.5) is 11.6 Å². The van der Waals surface area contributed by atoms with E-state index in [-0.39, 0.29) is 0 Å². The second-order valence-corrected chi connectivity index (χ2v) is 6.87. The zero-order valence-electron chi connectivity index (χ0n) is 15.0. The zero-order valence-corrected chi connectivity index (χ0v) is 15.0. The Balaban J connectivity index is 1.76. The summed E-state index contributed by atoms with van der Waals surface area (Å²) in [5.74, 6) is 3.68. The van der Waals surface area contributed by atoms with Gasteiger partial charge in [0.05, 0.1) is 0 Å². The first-order valence-corrected chi connectivity index (χ1v) is 8.71. The van der Waals surface area contributed by atoms with E-state index in [0.717, 1.165) is 49.3 Å². The van der Waals surface area contributed by atoms with Crippen molar-refractivity contribution >= 4 is 11.6 Å². The Labute approximate surface area is 143 Å². The second-order valence-electron chi connectivity index (χ2n) is 6.87. The fourth-order valence-corrected chi connectivity index (χ4v) is 2.81. The van der Waals surface area contributed by atoms with E-state index in [1.165, 1.54) is 0 Å². The average Bonchev–Trinajstić information content (AvgIpc) is 2.62. The Hall–Kier alpha value is -2.24. The summed E-state index contributed by atoms with van der Waals surface area (Å²) >= 11 is 0. The maximum absolute atomic E-state index is 4.81. The highest BCUT2D eigenvalue weighted by molar-refractivity contribution is 5.45. The summed E-state index contributed by atoms with van der Waals surface area (Å²) in [5, 5.41) is 8.18. The van der Waals surface area contributed by atoms with Crippen LogP contribution in [0.2, 0.25) is 0 Å². The maximum Gasteiger partial charge on any atom is 0.151 e. The average molecular weight is 326 g/mol. The molecule has 6 nitrogen and oxygen atoms in total. The highest BCUT2D eigenvalue weighted by atomic mass is 15.3. The van der Waals surface area contributed by atoms with Crippen molar-refractivity contribution in [2.75, 3.05) is 36.0 Å². The van der Waals surface area contributed by atoms with E-state index in [1.807, 2.05) is 12.1 Å². The number of hydrogen-bond acceptors (Lipinski definition) is 6. The molecule has 0 spiro atoms. The van der Waals surface area contributed by atoms with Crippen molar-refractivity contribution in [3.05, 3.63) is 35.9 Å². The van der Waals surface area contributed by atoms with Crippen LogP contribution in [-0.2, 0) is 0 Å². The van der Waals surface area contributed by atoms with Gasteiger partial charge in [0, 0.05) is 50.1 Å². The molecule has 3 heterocycles. The third kappa shape index (κ3) is 3.63. The van der Waals surface area contributed by atoms with Gasteiger partial charge in [-0.15, -0.1) is 5.10 Å². The zero-order chi connectivity index (χ0) is 17.1. The van der Waals surface area contributed by atoms with E-state index >= 15 is 0 Å². The molecule has 0 aliphatic carbocycles. The van der Waals surface area contributed by atoms with Crippen LogP contribution in [0.1, 0.15) is 51.0 Å². The molecule has 0 atom stereocenters. The molecule has 0 bridgehead atoms. The lowest BCUT2D eigenvalue weighted by atomic mass is 10.1. The number of aromatic nitrogens is 4. The van der Waals surface area contributed by atoms with Gasteiger partial charge in [-0.25, -0.2) is 9.97 Å². The Morgan fingerprint density at radius 1 is 0.875 bits per heavy atom. The fourth-order valence-electron chi connectivity index (χ4n) is 2.81. The van der Waals surface area contributed by atoms with E-state index in [2.05, 4.69) is 53.8 Å². The summed E-state index contributed by atoms with van der Waals surface area (Å²) in [6, 6.07) is 6.10. The van der Waals surface area contributed by atoms with Crippen LogP contribution in [0.15, 0.2) is 24.4 Å². The van der Waals surface area contributed by atoms with Gasteiger partial charge in [0.15, 0.2) is 5.82 Å². The van der Waals surface area contributed by atoms with Gasteiger partial charge < -0.3 is 9.80 Å². The molecule has 0 saturated carbocycles. The monoisotopic (exact) mass is 326 g/mol. The molecule has 0 N–H and O–H groups in total. The van der Waals surface area contributed by atoms with Crippen LogP contribution in [0.3, 0.4) is 0 Å². The normalized spacial score (nSPS) is 15.4. The van der Waals surface area contributed by atoms with Crippen molar-refractivity contribution in [2.45, 2.75) is 39.5 Å². The minimum absolute atomic E-state index is 0.336. The lowest BCUT2D eigenvalue weighted by molar-refractivity contribution is 0.630. The van der Waals surface area contributed by atoms with E-state index in [9.17, 15) is 0 Å². The molecule has 128 valence electrons. The molecule has 2 aromatic heterocycles. The van der Waals surface area contributed by atoms with E-state index in [4.69, 9.17) is 9.97 Å². The fraction of sp³-hybridized carbons (Fsp3) is 0.556. The molecule has 1 aliphatic rings. The molecule has 6 heteroatoms. The van der Waals surface area contributed by atoms with E-state index < -0.39 is 0 Å². The Morgan fingerprint density at radius 2 is 1.54 bits per heavy atom. The first-order valence-electron chi connectivity index (χ1n) is 8.71. The van der Waals surface area contributed by atoms with E-state index in [1.54, 1.807) is 6.20 Å². The molecule has 0 radical (unpaired) electrons. The summed E-state index contributed by atoms with van der Waals surface area (Å²) in [6.45, 7) is 12.4. The van der Waals surface area contributed by atoms with Gasteiger partial charge in [-0.3, -0.25) is 0 Å². The summed E-state index contributed by atoms with van der Waals surface area (Å²) in [5.41, 5.74) is 1.13. The highest BCUT2D eigenvalue weighted by Crippen LogP contribution is 2.23. The van der Waals surface area contributed by atoms with Gasteiger partial charge in [-0.05, 0) is 18.1 Å². The van der Waals surface area contributed by atoms with E-state index in [0.29, 0.717) is 11.8 Å². The predicted molar refractivity (Wildman–Crippen MR) is 96.7 cm³/mol. The molecule has 2 aromatic rings. The molecule has 1 fully saturated rings. The number of hydrogen-bond donors (Lipinski definition) is 0. The Bertz CT molecular complexity index is 636. The number of piperazine rings is 1. The van der Waals surface area contributed by atoms with Crippen molar-refractivity contribution in [3.63, 3.8) is 0 Å². The smallest absolute Gasteiger partial charge is 0.151 e. The largest absolute Gasteiger partial charge is 0.353 e. The molecule has 0 unspecified atom stereocenters. The first kappa shape index (κ1) is 16.6. The maximum atomic E-state index is 4.81. The molecule has 24 heavy (non-hydrogen) atoms. The van der Waals surface area contributed by atoms with Crippen molar-refractivity contribution in [3.8, 4) is 0 Å². The third-order valence-electron chi connectivity index (χ3n) is 4.34. The van der Waals surface area contributed by atoms with Gasteiger partial charge in [-0.2, -0.15) is 5.10 Å². The quantitative estimate of drug-likeness (QED) is 0.861. The molecule has 1 aliphatic heterocycles. The number of rotatable bonds is 4. The third-order valence-corrected chi connectivity index (χ3v) is 4.34. The molecule has 0 amide bonds. The first-order chi connectivity index (χ1) is 11.5. The lowest BCUT2D eigenvalue weighted by Crippen LogP contribution is -2.47. The standard InChI is InChI=1S/C18H26N6/c1-13(2)15-12-17(21-18(20-15)14(3)4)24-10-8-23(9-11-24)16-6-5-7-19-22-16/h5-7,12-14H,8-11H2,1-4H3.